The second kappa shape index (κ2) is 6.87. The SMILES string of the molecule is C=C(C)[C@@H]1CC[C@@]2(C)CC[C@]3(C)[C@H](CC[C@@H]4[C@]5(C)[C@H](O)C[C@H](O)C(C)(C)[C@H]5CC[C@]43C)[C@@H]12. The van der Waals surface area contributed by atoms with Crippen molar-refractivity contribution in [3.63, 3.8) is 0 Å². The average molecular weight is 443 g/mol. The zero-order valence-corrected chi connectivity index (χ0v) is 22.0. The highest BCUT2D eigenvalue weighted by atomic mass is 16.3. The van der Waals surface area contributed by atoms with Gasteiger partial charge in [0.05, 0.1) is 12.2 Å². The summed E-state index contributed by atoms with van der Waals surface area (Å²) in [6.07, 6.45) is 10.2. The van der Waals surface area contributed by atoms with Crippen LogP contribution in [0.15, 0.2) is 12.2 Å². The maximum absolute atomic E-state index is 11.5. The summed E-state index contributed by atoms with van der Waals surface area (Å²) in [5.41, 5.74) is 2.32. The molecule has 0 spiro atoms. The lowest BCUT2D eigenvalue weighted by atomic mass is 9.32. The van der Waals surface area contributed by atoms with E-state index in [4.69, 9.17) is 0 Å². The van der Waals surface area contributed by atoms with Crippen molar-refractivity contribution in [2.75, 3.05) is 0 Å². The van der Waals surface area contributed by atoms with Crippen molar-refractivity contribution in [2.24, 2.45) is 56.7 Å². The van der Waals surface area contributed by atoms with Gasteiger partial charge < -0.3 is 10.2 Å². The molecule has 0 amide bonds. The molecule has 0 heterocycles. The molecule has 0 aromatic rings. The molecular weight excluding hydrogens is 392 g/mol. The van der Waals surface area contributed by atoms with Gasteiger partial charge in [-0.25, -0.2) is 0 Å². The first kappa shape index (κ1) is 23.4. The highest BCUT2D eigenvalue weighted by Crippen LogP contribution is 2.77. The fourth-order valence-electron chi connectivity index (χ4n) is 11.4. The predicted molar refractivity (Wildman–Crippen MR) is 132 cm³/mol. The van der Waals surface area contributed by atoms with E-state index in [1.807, 2.05) is 0 Å². The van der Waals surface area contributed by atoms with Gasteiger partial charge in [-0.15, -0.1) is 0 Å². The van der Waals surface area contributed by atoms with Crippen LogP contribution in [0.2, 0.25) is 0 Å². The topological polar surface area (TPSA) is 40.5 Å². The Labute approximate surface area is 197 Å². The summed E-state index contributed by atoms with van der Waals surface area (Å²) in [6, 6.07) is 0. The molecule has 5 fully saturated rings. The van der Waals surface area contributed by atoms with Crippen LogP contribution in [0.4, 0.5) is 0 Å². The molecule has 5 rings (SSSR count). The van der Waals surface area contributed by atoms with E-state index in [1.54, 1.807) is 0 Å². The zero-order chi connectivity index (χ0) is 23.5. The second-order valence-corrected chi connectivity index (χ2v) is 14.8. The smallest absolute Gasteiger partial charge is 0.0624 e. The van der Waals surface area contributed by atoms with Gasteiger partial charge in [-0.05, 0) is 110 Å². The van der Waals surface area contributed by atoms with Crippen LogP contribution in [0, 0.1) is 56.7 Å². The monoisotopic (exact) mass is 442 g/mol. The van der Waals surface area contributed by atoms with Crippen LogP contribution in [0.5, 0.6) is 0 Å². The molecule has 0 aromatic heterocycles. The fourth-order valence-corrected chi connectivity index (χ4v) is 11.4. The van der Waals surface area contributed by atoms with Crippen LogP contribution < -0.4 is 0 Å². The number of allylic oxidation sites excluding steroid dienone is 1. The van der Waals surface area contributed by atoms with E-state index in [1.165, 1.54) is 50.5 Å². The number of hydrogen-bond donors (Lipinski definition) is 2. The first-order chi connectivity index (χ1) is 14.7. The number of aliphatic hydroxyl groups excluding tert-OH is 2. The van der Waals surface area contributed by atoms with E-state index in [0.29, 0.717) is 35.0 Å². The maximum atomic E-state index is 11.5. The number of rotatable bonds is 1. The zero-order valence-electron chi connectivity index (χ0n) is 22.0. The van der Waals surface area contributed by atoms with E-state index in [9.17, 15) is 10.2 Å². The van der Waals surface area contributed by atoms with Crippen LogP contribution in [-0.2, 0) is 0 Å². The molecule has 0 saturated heterocycles. The number of aliphatic hydroxyl groups is 2. The third-order valence-corrected chi connectivity index (χ3v) is 13.6. The van der Waals surface area contributed by atoms with Gasteiger partial charge in [0.25, 0.3) is 0 Å². The van der Waals surface area contributed by atoms with Crippen LogP contribution in [-0.4, -0.2) is 22.4 Å². The first-order valence-corrected chi connectivity index (χ1v) is 13.7. The van der Waals surface area contributed by atoms with E-state index < -0.39 is 6.10 Å². The lowest BCUT2D eigenvalue weighted by Gasteiger charge is -2.73. The summed E-state index contributed by atoms with van der Waals surface area (Å²) in [4.78, 5) is 0. The van der Waals surface area contributed by atoms with E-state index in [0.717, 1.165) is 18.3 Å². The average Bonchev–Trinajstić information content (AvgIpc) is 3.05. The predicted octanol–water partition coefficient (Wildman–Crippen LogP) is 7.00. The molecule has 5 aliphatic carbocycles. The van der Waals surface area contributed by atoms with Crippen molar-refractivity contribution < 1.29 is 10.2 Å². The lowest BCUT2D eigenvalue weighted by molar-refractivity contribution is -0.273. The van der Waals surface area contributed by atoms with Crippen molar-refractivity contribution in [3.05, 3.63) is 12.2 Å². The van der Waals surface area contributed by atoms with Crippen molar-refractivity contribution in [1.82, 2.24) is 0 Å². The van der Waals surface area contributed by atoms with Crippen LogP contribution in [0.1, 0.15) is 106 Å². The molecule has 2 heteroatoms. The standard InChI is InChI=1S/C30H50O2/c1-18(2)19-11-13-27(5)15-16-28(6)20(25(19)27)9-10-22-29(28,7)14-12-21-26(3,4)23(31)17-24(32)30(21,22)8/h19-25,31-32H,1,9-17H2,2-8H3/t19-,20+,21+,22-,23-,24+,25+,27-,28+,29+,30+/m0/s1. The van der Waals surface area contributed by atoms with Crippen molar-refractivity contribution in [1.29, 1.82) is 0 Å². The molecule has 0 bridgehead atoms. The Morgan fingerprint density at radius 3 is 2.09 bits per heavy atom. The summed E-state index contributed by atoms with van der Waals surface area (Å²) >= 11 is 0. The summed E-state index contributed by atoms with van der Waals surface area (Å²) in [5.74, 6) is 3.22. The molecule has 2 nitrogen and oxygen atoms in total. The summed E-state index contributed by atoms with van der Waals surface area (Å²) in [6.45, 7) is 21.6. The molecule has 32 heavy (non-hydrogen) atoms. The van der Waals surface area contributed by atoms with E-state index in [2.05, 4.69) is 55.0 Å². The Morgan fingerprint density at radius 2 is 1.44 bits per heavy atom. The molecule has 0 radical (unpaired) electrons. The van der Waals surface area contributed by atoms with Gasteiger partial charge in [-0.3, -0.25) is 0 Å². The van der Waals surface area contributed by atoms with Gasteiger partial charge >= 0.3 is 0 Å². The second-order valence-electron chi connectivity index (χ2n) is 14.8. The minimum absolute atomic E-state index is 0.0894. The molecule has 5 aliphatic rings. The summed E-state index contributed by atoms with van der Waals surface area (Å²) in [7, 11) is 0. The maximum Gasteiger partial charge on any atom is 0.0624 e. The Kier molecular flexibility index (Phi) is 5.02. The first-order valence-electron chi connectivity index (χ1n) is 13.7. The van der Waals surface area contributed by atoms with Crippen molar-refractivity contribution in [2.45, 2.75) is 118 Å². The van der Waals surface area contributed by atoms with Gasteiger partial charge in [-0.2, -0.15) is 0 Å². The normalized spacial score (nSPS) is 58.8. The highest BCUT2D eigenvalue weighted by Gasteiger charge is 2.71. The number of fused-ring (bicyclic) bond motifs is 7. The largest absolute Gasteiger partial charge is 0.392 e. The molecule has 2 N–H and O–H groups in total. The Balaban J connectivity index is 1.57. The third kappa shape index (κ3) is 2.61. The Hall–Kier alpha value is -0.340. The Morgan fingerprint density at radius 1 is 0.750 bits per heavy atom. The minimum atomic E-state index is -0.392. The third-order valence-electron chi connectivity index (χ3n) is 13.6. The lowest BCUT2D eigenvalue weighted by Crippen LogP contribution is -2.69. The number of hydrogen-bond acceptors (Lipinski definition) is 2. The van der Waals surface area contributed by atoms with Gasteiger partial charge in [0.15, 0.2) is 0 Å². The van der Waals surface area contributed by atoms with Gasteiger partial charge in [0, 0.05) is 11.8 Å². The molecule has 182 valence electrons. The molecule has 0 aromatic carbocycles. The van der Waals surface area contributed by atoms with E-state index >= 15 is 0 Å². The van der Waals surface area contributed by atoms with Crippen LogP contribution in [0.25, 0.3) is 0 Å². The summed E-state index contributed by atoms with van der Waals surface area (Å²) in [5, 5.41) is 22.4. The fraction of sp³-hybridized carbons (Fsp3) is 0.933. The van der Waals surface area contributed by atoms with Crippen LogP contribution >= 0.6 is 0 Å². The van der Waals surface area contributed by atoms with Crippen LogP contribution in [0.3, 0.4) is 0 Å². The van der Waals surface area contributed by atoms with Gasteiger partial charge in [0.2, 0.25) is 0 Å². The van der Waals surface area contributed by atoms with Crippen molar-refractivity contribution >= 4 is 0 Å². The molecule has 0 aliphatic heterocycles. The molecule has 11 atom stereocenters. The Bertz CT molecular complexity index is 801. The van der Waals surface area contributed by atoms with Gasteiger partial charge in [-0.1, -0.05) is 53.7 Å². The quantitative estimate of drug-likeness (QED) is 0.429. The minimum Gasteiger partial charge on any atom is -0.392 e. The summed E-state index contributed by atoms with van der Waals surface area (Å²) < 4.78 is 0. The molecule has 0 unspecified atom stereocenters. The van der Waals surface area contributed by atoms with E-state index in [-0.39, 0.29) is 22.3 Å². The van der Waals surface area contributed by atoms with Crippen molar-refractivity contribution in [3.8, 4) is 0 Å². The highest BCUT2D eigenvalue weighted by molar-refractivity contribution is 5.22. The van der Waals surface area contributed by atoms with Gasteiger partial charge in [0.1, 0.15) is 0 Å². The molecular formula is C30H50O2. The molecule has 5 saturated carbocycles.